The van der Waals surface area contributed by atoms with Gasteiger partial charge in [-0.1, -0.05) is 23.7 Å². The Balaban J connectivity index is 1.77. The van der Waals surface area contributed by atoms with Gasteiger partial charge in [-0.15, -0.1) is 0 Å². The zero-order valence-corrected chi connectivity index (χ0v) is 14.3. The van der Waals surface area contributed by atoms with E-state index < -0.39 is 17.6 Å². The van der Waals surface area contributed by atoms with Crippen molar-refractivity contribution in [2.45, 2.75) is 6.18 Å². The van der Waals surface area contributed by atoms with Gasteiger partial charge in [0.1, 0.15) is 17.8 Å². The maximum Gasteiger partial charge on any atom is 0.416 e. The predicted octanol–water partition coefficient (Wildman–Crippen LogP) is 5.14. The Morgan fingerprint density at radius 2 is 1.70 bits per heavy atom. The van der Waals surface area contributed by atoms with E-state index in [1.807, 2.05) is 0 Å². The standard InChI is InChI=1S/C18H12ClF3N4O/c19-12-4-2-6-14(8-12)26-17(27)15-9-16(24-10-23-15)25-13-5-1-3-11(7-13)18(20,21)22/h1-10H,(H,26,27)(H,23,24,25). The van der Waals surface area contributed by atoms with Gasteiger partial charge in [-0.2, -0.15) is 13.2 Å². The lowest BCUT2D eigenvalue weighted by molar-refractivity contribution is -0.137. The number of carbonyl (C=O) groups excluding carboxylic acids is 1. The number of nitrogens with one attached hydrogen (secondary N) is 2. The number of anilines is 3. The topological polar surface area (TPSA) is 66.9 Å². The summed E-state index contributed by atoms with van der Waals surface area (Å²) in [6, 6.07) is 12.6. The lowest BCUT2D eigenvalue weighted by atomic mass is 10.2. The van der Waals surface area contributed by atoms with Crippen LogP contribution in [0.2, 0.25) is 5.02 Å². The second-order valence-electron chi connectivity index (χ2n) is 5.46. The van der Waals surface area contributed by atoms with Crippen molar-refractivity contribution in [3.63, 3.8) is 0 Å². The fourth-order valence-corrected chi connectivity index (χ4v) is 2.42. The summed E-state index contributed by atoms with van der Waals surface area (Å²) in [5.41, 5.74) is -0.0804. The summed E-state index contributed by atoms with van der Waals surface area (Å²) in [7, 11) is 0. The molecular weight excluding hydrogens is 381 g/mol. The number of halogens is 4. The SMILES string of the molecule is O=C(Nc1cccc(Cl)c1)c1cc(Nc2cccc(C(F)(F)F)c2)ncn1. The zero-order valence-electron chi connectivity index (χ0n) is 13.6. The van der Waals surface area contributed by atoms with Gasteiger partial charge in [0.15, 0.2) is 0 Å². The summed E-state index contributed by atoms with van der Waals surface area (Å²) < 4.78 is 38.4. The van der Waals surface area contributed by atoms with Gasteiger partial charge in [0.25, 0.3) is 5.91 Å². The van der Waals surface area contributed by atoms with E-state index in [1.54, 1.807) is 24.3 Å². The molecule has 1 amide bonds. The van der Waals surface area contributed by atoms with Crippen LogP contribution in [0.4, 0.5) is 30.4 Å². The molecule has 5 nitrogen and oxygen atoms in total. The molecule has 0 bridgehead atoms. The van der Waals surface area contributed by atoms with Crippen molar-refractivity contribution >= 4 is 34.7 Å². The van der Waals surface area contributed by atoms with Gasteiger partial charge in [0, 0.05) is 22.5 Å². The maximum absolute atomic E-state index is 12.8. The first-order chi connectivity index (χ1) is 12.8. The molecule has 0 radical (unpaired) electrons. The second-order valence-corrected chi connectivity index (χ2v) is 5.89. The van der Waals surface area contributed by atoms with E-state index in [9.17, 15) is 18.0 Å². The Labute approximate surface area is 157 Å². The molecule has 1 heterocycles. The highest BCUT2D eigenvalue weighted by atomic mass is 35.5. The molecule has 27 heavy (non-hydrogen) atoms. The Morgan fingerprint density at radius 1 is 0.963 bits per heavy atom. The lowest BCUT2D eigenvalue weighted by Gasteiger charge is -2.11. The molecule has 0 atom stereocenters. The monoisotopic (exact) mass is 392 g/mol. The molecule has 0 aliphatic heterocycles. The minimum absolute atomic E-state index is 0.0412. The summed E-state index contributed by atoms with van der Waals surface area (Å²) in [6.45, 7) is 0. The van der Waals surface area contributed by atoms with Crippen molar-refractivity contribution in [3.8, 4) is 0 Å². The second kappa shape index (κ2) is 7.63. The van der Waals surface area contributed by atoms with E-state index in [2.05, 4.69) is 20.6 Å². The summed E-state index contributed by atoms with van der Waals surface area (Å²) in [4.78, 5) is 20.1. The number of rotatable bonds is 4. The van der Waals surface area contributed by atoms with E-state index in [0.717, 1.165) is 18.5 Å². The van der Waals surface area contributed by atoms with Crippen LogP contribution in [-0.2, 0) is 6.18 Å². The number of alkyl halides is 3. The van der Waals surface area contributed by atoms with Gasteiger partial charge in [-0.3, -0.25) is 4.79 Å². The van der Waals surface area contributed by atoms with Crippen LogP contribution in [-0.4, -0.2) is 15.9 Å². The van der Waals surface area contributed by atoms with Gasteiger partial charge in [0.2, 0.25) is 0 Å². The van der Waals surface area contributed by atoms with Crippen molar-refractivity contribution in [3.05, 3.63) is 77.2 Å². The molecule has 138 valence electrons. The molecular formula is C18H12ClF3N4O. The Morgan fingerprint density at radius 3 is 2.44 bits per heavy atom. The fourth-order valence-electron chi connectivity index (χ4n) is 2.23. The molecule has 1 aromatic heterocycles. The van der Waals surface area contributed by atoms with Crippen LogP contribution < -0.4 is 10.6 Å². The number of carbonyl (C=O) groups is 1. The molecule has 0 saturated heterocycles. The number of aromatic nitrogens is 2. The third kappa shape index (κ3) is 4.95. The zero-order chi connectivity index (χ0) is 19.4. The smallest absolute Gasteiger partial charge is 0.340 e. The first-order valence-corrected chi connectivity index (χ1v) is 8.02. The molecule has 0 saturated carbocycles. The maximum atomic E-state index is 12.8. The van der Waals surface area contributed by atoms with Gasteiger partial charge >= 0.3 is 6.18 Å². The summed E-state index contributed by atoms with van der Waals surface area (Å²) in [6.07, 6.45) is -3.31. The first kappa shape index (κ1) is 18.7. The molecule has 0 spiro atoms. The van der Waals surface area contributed by atoms with Crippen LogP contribution in [0, 0.1) is 0 Å². The van der Waals surface area contributed by atoms with Crippen LogP contribution in [0.25, 0.3) is 0 Å². The van der Waals surface area contributed by atoms with E-state index >= 15 is 0 Å². The number of amides is 1. The Hall–Kier alpha value is -3.13. The van der Waals surface area contributed by atoms with Gasteiger partial charge < -0.3 is 10.6 Å². The van der Waals surface area contributed by atoms with Gasteiger partial charge in [-0.05, 0) is 36.4 Å². The van der Waals surface area contributed by atoms with E-state index in [0.29, 0.717) is 10.7 Å². The molecule has 0 aliphatic rings. The van der Waals surface area contributed by atoms with Crippen molar-refractivity contribution in [2.24, 2.45) is 0 Å². The molecule has 2 N–H and O–H groups in total. The number of benzene rings is 2. The summed E-state index contributed by atoms with van der Waals surface area (Å²) >= 11 is 5.87. The number of nitrogens with zero attached hydrogens (tertiary/aromatic N) is 2. The molecule has 3 aromatic rings. The molecule has 9 heteroatoms. The molecule has 3 rings (SSSR count). The van der Waals surface area contributed by atoms with Crippen molar-refractivity contribution in [2.75, 3.05) is 10.6 Å². The minimum atomic E-state index is -4.45. The largest absolute Gasteiger partial charge is 0.416 e. The van der Waals surface area contributed by atoms with Crippen LogP contribution in [0.3, 0.4) is 0 Å². The average molecular weight is 393 g/mol. The van der Waals surface area contributed by atoms with E-state index in [4.69, 9.17) is 11.6 Å². The molecule has 0 unspecified atom stereocenters. The minimum Gasteiger partial charge on any atom is -0.340 e. The quantitative estimate of drug-likeness (QED) is 0.644. The summed E-state index contributed by atoms with van der Waals surface area (Å²) in [5, 5.41) is 5.82. The van der Waals surface area contributed by atoms with E-state index in [1.165, 1.54) is 18.2 Å². The highest BCUT2D eigenvalue weighted by molar-refractivity contribution is 6.30. The fraction of sp³-hybridized carbons (Fsp3) is 0.0556. The van der Waals surface area contributed by atoms with Gasteiger partial charge in [-0.25, -0.2) is 9.97 Å². The van der Waals surface area contributed by atoms with Crippen molar-refractivity contribution in [1.82, 2.24) is 9.97 Å². The van der Waals surface area contributed by atoms with Crippen LogP contribution in [0.1, 0.15) is 16.1 Å². The van der Waals surface area contributed by atoms with Crippen LogP contribution in [0.15, 0.2) is 60.9 Å². The summed E-state index contributed by atoms with van der Waals surface area (Å²) in [5.74, 6) is -0.327. The number of hydrogen-bond donors (Lipinski definition) is 2. The third-order valence-corrected chi connectivity index (χ3v) is 3.68. The highest BCUT2D eigenvalue weighted by Crippen LogP contribution is 2.31. The molecule has 0 aliphatic carbocycles. The lowest BCUT2D eigenvalue weighted by Crippen LogP contribution is -2.14. The number of hydrogen-bond acceptors (Lipinski definition) is 4. The molecule has 2 aromatic carbocycles. The van der Waals surface area contributed by atoms with Crippen LogP contribution >= 0.6 is 11.6 Å². The highest BCUT2D eigenvalue weighted by Gasteiger charge is 2.30. The average Bonchev–Trinajstić information content (AvgIpc) is 2.61. The first-order valence-electron chi connectivity index (χ1n) is 7.64. The predicted molar refractivity (Wildman–Crippen MR) is 96.2 cm³/mol. The van der Waals surface area contributed by atoms with Crippen molar-refractivity contribution in [1.29, 1.82) is 0 Å². The van der Waals surface area contributed by atoms with E-state index in [-0.39, 0.29) is 17.2 Å². The van der Waals surface area contributed by atoms with Gasteiger partial charge in [0.05, 0.1) is 5.56 Å². The normalized spacial score (nSPS) is 11.1. The van der Waals surface area contributed by atoms with Crippen LogP contribution in [0.5, 0.6) is 0 Å². The Bertz CT molecular complexity index is 979. The Kier molecular flexibility index (Phi) is 5.27. The van der Waals surface area contributed by atoms with Crippen molar-refractivity contribution < 1.29 is 18.0 Å². The molecule has 0 fully saturated rings. The third-order valence-electron chi connectivity index (χ3n) is 3.44.